The maximum Gasteiger partial charge on any atom is -0.0412 e. The van der Waals surface area contributed by atoms with E-state index in [1.807, 2.05) is 0 Å². The first kappa shape index (κ1) is 29.0. The molecule has 0 amide bonds. The molecule has 0 nitrogen and oxygen atoms in total. The van der Waals surface area contributed by atoms with Gasteiger partial charge in [-0.05, 0) is 18.3 Å². The molecule has 0 saturated heterocycles. The Morgan fingerprint density at radius 2 is 0.552 bits per heavy atom. The molecule has 0 saturated carbocycles. The zero-order valence-electron chi connectivity index (χ0n) is 21.4. The van der Waals surface area contributed by atoms with Crippen LogP contribution in [0.5, 0.6) is 0 Å². The van der Waals surface area contributed by atoms with Crippen LogP contribution in [0.4, 0.5) is 0 Å². The van der Waals surface area contributed by atoms with Crippen molar-refractivity contribution in [1.82, 2.24) is 0 Å². The molecule has 0 aliphatic rings. The summed E-state index contributed by atoms with van der Waals surface area (Å²) in [6, 6.07) is 0. The van der Waals surface area contributed by atoms with Gasteiger partial charge in [-0.25, -0.2) is 0 Å². The Kier molecular flexibility index (Phi) is 24.3. The van der Waals surface area contributed by atoms with E-state index in [1.54, 1.807) is 6.42 Å². The van der Waals surface area contributed by atoms with Crippen LogP contribution in [0.1, 0.15) is 175 Å². The maximum absolute atomic E-state index is 2.36. The second-order valence-electron chi connectivity index (χ2n) is 10.1. The molecule has 0 N–H and O–H groups in total. The summed E-state index contributed by atoms with van der Waals surface area (Å²) in [5, 5.41) is 0. The van der Waals surface area contributed by atoms with Crippen molar-refractivity contribution in [3.63, 3.8) is 0 Å². The molecular formula is C29H60. The van der Waals surface area contributed by atoms with E-state index >= 15 is 0 Å². The maximum atomic E-state index is 2.36. The smallest absolute Gasteiger partial charge is 0.0412 e. The SMILES string of the molecule is CCCCCCCCC(CCCCC)CC(CCCCC)CCCCCCCC. The lowest BCUT2D eigenvalue weighted by Gasteiger charge is -2.24. The summed E-state index contributed by atoms with van der Waals surface area (Å²) in [6.07, 6.45) is 33.7. The van der Waals surface area contributed by atoms with Crippen molar-refractivity contribution in [2.75, 3.05) is 0 Å². The molecule has 2 unspecified atom stereocenters. The second-order valence-corrected chi connectivity index (χ2v) is 10.1. The van der Waals surface area contributed by atoms with E-state index in [2.05, 4.69) is 27.7 Å². The molecule has 0 aliphatic carbocycles. The molecule has 0 rings (SSSR count). The van der Waals surface area contributed by atoms with Crippen molar-refractivity contribution >= 4 is 0 Å². The normalized spacial score (nSPS) is 13.7. The average Bonchev–Trinajstić information content (AvgIpc) is 2.72. The molecular weight excluding hydrogens is 348 g/mol. The third kappa shape index (κ3) is 21.0. The van der Waals surface area contributed by atoms with Crippen molar-refractivity contribution in [2.45, 2.75) is 175 Å². The third-order valence-corrected chi connectivity index (χ3v) is 7.03. The summed E-state index contributed by atoms with van der Waals surface area (Å²) in [5.41, 5.74) is 0. The fourth-order valence-corrected chi connectivity index (χ4v) is 5.02. The number of hydrogen-bond donors (Lipinski definition) is 0. The van der Waals surface area contributed by atoms with Gasteiger partial charge in [0.15, 0.2) is 0 Å². The van der Waals surface area contributed by atoms with Gasteiger partial charge >= 0.3 is 0 Å². The van der Waals surface area contributed by atoms with Crippen LogP contribution < -0.4 is 0 Å². The zero-order chi connectivity index (χ0) is 21.4. The fraction of sp³-hybridized carbons (Fsp3) is 1.00. The Labute approximate surface area is 187 Å². The van der Waals surface area contributed by atoms with Gasteiger partial charge < -0.3 is 0 Å². The minimum atomic E-state index is 1.03. The molecule has 0 aromatic heterocycles. The predicted octanol–water partition coefficient (Wildman–Crippen LogP) is 11.3. The molecule has 0 aromatic carbocycles. The highest BCUT2D eigenvalue weighted by molar-refractivity contribution is 4.69. The summed E-state index contributed by atoms with van der Waals surface area (Å²) < 4.78 is 0. The second kappa shape index (κ2) is 24.3. The lowest BCUT2D eigenvalue weighted by Crippen LogP contribution is -2.10. The quantitative estimate of drug-likeness (QED) is 0.139. The van der Waals surface area contributed by atoms with Crippen molar-refractivity contribution < 1.29 is 0 Å². The molecule has 0 heterocycles. The van der Waals surface area contributed by atoms with Crippen LogP contribution in [0.25, 0.3) is 0 Å². The molecule has 0 bridgehead atoms. The fourth-order valence-electron chi connectivity index (χ4n) is 5.02. The van der Waals surface area contributed by atoms with E-state index in [4.69, 9.17) is 0 Å². The topological polar surface area (TPSA) is 0 Å². The Morgan fingerprint density at radius 1 is 0.310 bits per heavy atom. The molecule has 0 spiro atoms. The average molecular weight is 409 g/mol. The van der Waals surface area contributed by atoms with E-state index in [1.165, 1.54) is 141 Å². The van der Waals surface area contributed by atoms with Gasteiger partial charge in [-0.2, -0.15) is 0 Å². The molecule has 0 fully saturated rings. The van der Waals surface area contributed by atoms with Gasteiger partial charge in [-0.15, -0.1) is 0 Å². The highest BCUT2D eigenvalue weighted by atomic mass is 14.2. The Bertz CT molecular complexity index is 254. The van der Waals surface area contributed by atoms with Crippen molar-refractivity contribution in [3.8, 4) is 0 Å². The monoisotopic (exact) mass is 408 g/mol. The van der Waals surface area contributed by atoms with Crippen LogP contribution >= 0.6 is 0 Å². The number of hydrogen-bond acceptors (Lipinski definition) is 0. The highest BCUT2D eigenvalue weighted by Crippen LogP contribution is 2.30. The van der Waals surface area contributed by atoms with Crippen LogP contribution in [0.3, 0.4) is 0 Å². The van der Waals surface area contributed by atoms with Crippen molar-refractivity contribution in [3.05, 3.63) is 0 Å². The van der Waals surface area contributed by atoms with Crippen LogP contribution in [-0.4, -0.2) is 0 Å². The minimum absolute atomic E-state index is 1.03. The number of rotatable bonds is 24. The Hall–Kier alpha value is 0. The van der Waals surface area contributed by atoms with Gasteiger partial charge in [0.1, 0.15) is 0 Å². The van der Waals surface area contributed by atoms with Gasteiger partial charge in [-0.3, -0.25) is 0 Å². The van der Waals surface area contributed by atoms with Crippen molar-refractivity contribution in [1.29, 1.82) is 0 Å². The van der Waals surface area contributed by atoms with Crippen LogP contribution in [0, 0.1) is 11.8 Å². The van der Waals surface area contributed by atoms with E-state index in [9.17, 15) is 0 Å². The van der Waals surface area contributed by atoms with Crippen LogP contribution in [0.2, 0.25) is 0 Å². The van der Waals surface area contributed by atoms with Crippen molar-refractivity contribution in [2.24, 2.45) is 11.8 Å². The molecule has 176 valence electrons. The summed E-state index contributed by atoms with van der Waals surface area (Å²) in [7, 11) is 0. The first-order chi connectivity index (χ1) is 14.3. The van der Waals surface area contributed by atoms with E-state index in [0.29, 0.717) is 0 Å². The first-order valence-electron chi connectivity index (χ1n) is 14.3. The lowest BCUT2D eigenvalue weighted by atomic mass is 9.82. The highest BCUT2D eigenvalue weighted by Gasteiger charge is 2.16. The molecule has 0 radical (unpaired) electrons. The van der Waals surface area contributed by atoms with E-state index in [0.717, 1.165) is 11.8 Å². The third-order valence-electron chi connectivity index (χ3n) is 7.03. The molecule has 0 aromatic rings. The standard InChI is InChI=1S/C29H60/c1-5-9-13-15-17-21-25-28(23-19-11-7-3)27-29(24-20-12-8-4)26-22-18-16-14-10-6-2/h28-29H,5-27H2,1-4H3. The number of unbranched alkanes of at least 4 members (excludes halogenated alkanes) is 14. The van der Waals surface area contributed by atoms with E-state index in [-0.39, 0.29) is 0 Å². The molecule has 0 heteroatoms. The summed E-state index contributed by atoms with van der Waals surface area (Å²) >= 11 is 0. The zero-order valence-corrected chi connectivity index (χ0v) is 21.4. The molecule has 29 heavy (non-hydrogen) atoms. The first-order valence-corrected chi connectivity index (χ1v) is 14.3. The lowest BCUT2D eigenvalue weighted by molar-refractivity contribution is 0.283. The van der Waals surface area contributed by atoms with Gasteiger partial charge in [-0.1, -0.05) is 169 Å². The van der Waals surface area contributed by atoms with Crippen LogP contribution in [-0.2, 0) is 0 Å². The van der Waals surface area contributed by atoms with Gasteiger partial charge in [0.2, 0.25) is 0 Å². The van der Waals surface area contributed by atoms with Gasteiger partial charge in [0.05, 0.1) is 0 Å². The summed E-state index contributed by atoms with van der Waals surface area (Å²) in [6.45, 7) is 9.36. The molecule has 0 aliphatic heterocycles. The molecule has 2 atom stereocenters. The predicted molar refractivity (Wildman–Crippen MR) is 136 cm³/mol. The summed E-state index contributed by atoms with van der Waals surface area (Å²) in [4.78, 5) is 0. The Balaban J connectivity index is 4.36. The van der Waals surface area contributed by atoms with Crippen LogP contribution in [0.15, 0.2) is 0 Å². The van der Waals surface area contributed by atoms with Gasteiger partial charge in [0.25, 0.3) is 0 Å². The largest absolute Gasteiger partial charge is 0.0654 e. The van der Waals surface area contributed by atoms with E-state index < -0.39 is 0 Å². The minimum Gasteiger partial charge on any atom is -0.0654 e. The Morgan fingerprint density at radius 3 is 0.897 bits per heavy atom. The van der Waals surface area contributed by atoms with Gasteiger partial charge in [0, 0.05) is 0 Å². The summed E-state index contributed by atoms with van der Waals surface area (Å²) in [5.74, 6) is 2.05.